The Bertz CT molecular complexity index is 2010. The Morgan fingerprint density at radius 1 is 1.10 bits per heavy atom. The van der Waals surface area contributed by atoms with Gasteiger partial charge in [0.25, 0.3) is 0 Å². The van der Waals surface area contributed by atoms with E-state index in [1.165, 1.54) is 26.5 Å². The second kappa shape index (κ2) is 20.6. The molecule has 0 aliphatic carbocycles. The van der Waals surface area contributed by atoms with Crippen LogP contribution >= 0.6 is 19.2 Å². The van der Waals surface area contributed by atoms with Crippen molar-refractivity contribution < 1.29 is 46.3 Å². The van der Waals surface area contributed by atoms with Crippen LogP contribution in [0.1, 0.15) is 90.8 Å². The highest BCUT2D eigenvalue weighted by Gasteiger charge is 2.41. The summed E-state index contributed by atoms with van der Waals surface area (Å²) >= 11 is 6.28. The molecule has 2 bridgehead atoms. The number of carbonyl (C=O) groups excluding carboxylic acids is 3. The van der Waals surface area contributed by atoms with Crippen LogP contribution in [0.25, 0.3) is 11.1 Å². The summed E-state index contributed by atoms with van der Waals surface area (Å²) in [7, 11) is -3.78. The van der Waals surface area contributed by atoms with Crippen LogP contribution in [0.2, 0.25) is 23.2 Å². The quantitative estimate of drug-likeness (QED) is 0.110. The largest absolute Gasteiger partial charge is 0.481 e. The van der Waals surface area contributed by atoms with Crippen LogP contribution in [0.15, 0.2) is 42.6 Å². The predicted molar refractivity (Wildman–Crippen MR) is 229 cm³/mol. The van der Waals surface area contributed by atoms with Crippen molar-refractivity contribution >= 4 is 56.8 Å². The lowest BCUT2D eigenvalue weighted by Crippen LogP contribution is -2.43. The lowest BCUT2D eigenvalue weighted by Gasteiger charge is -2.40. The van der Waals surface area contributed by atoms with Crippen molar-refractivity contribution in [2.45, 2.75) is 97.5 Å². The fourth-order valence-corrected chi connectivity index (χ4v) is 9.51. The normalized spacial score (nSPS) is 16.8. The fraction of sp³-hybridized carbons (Fsp3) is 0.537. The van der Waals surface area contributed by atoms with Gasteiger partial charge in [-0.15, -0.1) is 0 Å². The van der Waals surface area contributed by atoms with Crippen molar-refractivity contribution in [3.05, 3.63) is 64.8 Å². The van der Waals surface area contributed by atoms with Crippen LogP contribution < -0.4 is 15.4 Å². The van der Waals surface area contributed by atoms with Gasteiger partial charge in [0.2, 0.25) is 17.7 Å². The van der Waals surface area contributed by atoms with Gasteiger partial charge in [-0.05, 0) is 81.1 Å². The van der Waals surface area contributed by atoms with E-state index < -0.39 is 58.0 Å². The smallest absolute Gasteiger partial charge is 0.411 e. The summed E-state index contributed by atoms with van der Waals surface area (Å²) in [6, 6.07) is 9.15. The summed E-state index contributed by atoms with van der Waals surface area (Å²) in [5.41, 5.74) is 2.45. The van der Waals surface area contributed by atoms with E-state index in [2.05, 4.69) is 36.4 Å². The molecule has 1 aliphatic heterocycles. The molecule has 3 aromatic rings. The van der Waals surface area contributed by atoms with Gasteiger partial charge < -0.3 is 33.2 Å². The maximum absolute atomic E-state index is 15.8. The molecule has 1 aromatic carbocycles. The van der Waals surface area contributed by atoms with Gasteiger partial charge in [0.15, 0.2) is 14.1 Å². The van der Waals surface area contributed by atoms with Crippen LogP contribution in [0.3, 0.4) is 0 Å². The van der Waals surface area contributed by atoms with Crippen molar-refractivity contribution in [2.24, 2.45) is 5.92 Å². The van der Waals surface area contributed by atoms with E-state index >= 15 is 4.39 Å². The lowest BCUT2D eigenvalue weighted by molar-refractivity contribution is -0.132. The van der Waals surface area contributed by atoms with Crippen LogP contribution in [-0.4, -0.2) is 81.2 Å². The number of aromatic nitrogens is 2. The molecule has 0 spiro atoms. The molecule has 3 amide bonds. The van der Waals surface area contributed by atoms with Crippen LogP contribution in [0, 0.1) is 11.7 Å². The molecule has 0 fully saturated rings. The van der Waals surface area contributed by atoms with Crippen LogP contribution in [0.4, 0.5) is 20.6 Å². The Morgan fingerprint density at radius 3 is 2.42 bits per heavy atom. The van der Waals surface area contributed by atoms with Gasteiger partial charge in [0.1, 0.15) is 11.9 Å². The van der Waals surface area contributed by atoms with E-state index in [0.717, 1.165) is 0 Å². The van der Waals surface area contributed by atoms with Crippen LogP contribution in [-0.2, 0) is 32.4 Å². The van der Waals surface area contributed by atoms with Gasteiger partial charge in [-0.3, -0.25) is 24.5 Å². The maximum atomic E-state index is 15.8. The lowest BCUT2D eigenvalue weighted by atomic mass is 9.94. The molecule has 4 rings (SSSR count). The number of hydrogen-bond acceptors (Lipinski definition) is 11. The van der Waals surface area contributed by atoms with Gasteiger partial charge in [-0.1, -0.05) is 51.8 Å². The molecule has 0 unspecified atom stereocenters. The fourth-order valence-electron chi connectivity index (χ4n) is 6.50. The molecular weight excluding hydrogens is 820 g/mol. The van der Waals surface area contributed by atoms with E-state index in [1.54, 1.807) is 43.0 Å². The number of amides is 3. The zero-order valence-electron chi connectivity index (χ0n) is 35.6. The average Bonchev–Trinajstić information content (AvgIpc) is 3.16. The Balaban J connectivity index is 1.93. The first-order valence-corrected chi connectivity index (χ1v) is 24.8. The molecule has 2 N–H and O–H groups in total. The zero-order valence-corrected chi connectivity index (χ0v) is 38.3. The number of carbonyl (C=O) groups is 3. The second-order valence-electron chi connectivity index (χ2n) is 15.9. The Kier molecular flexibility index (Phi) is 16.6. The number of ether oxygens (including phenoxy) is 2. The molecule has 324 valence electrons. The van der Waals surface area contributed by atoms with Crippen molar-refractivity contribution in [2.75, 3.05) is 50.8 Å². The summed E-state index contributed by atoms with van der Waals surface area (Å²) in [6.07, 6.45) is 0.575. The van der Waals surface area contributed by atoms with Gasteiger partial charge >= 0.3 is 13.7 Å². The molecule has 0 saturated carbocycles. The van der Waals surface area contributed by atoms with Crippen molar-refractivity contribution in [1.29, 1.82) is 0 Å². The molecule has 59 heavy (non-hydrogen) atoms. The summed E-state index contributed by atoms with van der Waals surface area (Å²) in [5.74, 6) is -1.74. The van der Waals surface area contributed by atoms with Gasteiger partial charge in [-0.25, -0.2) is 14.2 Å². The van der Waals surface area contributed by atoms with E-state index in [-0.39, 0.29) is 53.7 Å². The Labute approximate surface area is 352 Å². The molecule has 2 aromatic heterocycles. The zero-order chi connectivity index (χ0) is 43.7. The molecule has 18 heteroatoms. The molecular formula is C41H58ClFN5O9PSi. The second-order valence-corrected chi connectivity index (χ2v) is 23.1. The molecule has 0 saturated heterocycles. The number of benzene rings is 1. The molecule has 1 aliphatic rings. The summed E-state index contributed by atoms with van der Waals surface area (Å²) < 4.78 is 58.3. The topological polar surface area (TPSA) is 168 Å². The number of hydrogen-bond donors (Lipinski definition) is 2. The minimum atomic E-state index is -3.92. The first-order valence-electron chi connectivity index (χ1n) is 19.8. The predicted octanol–water partition coefficient (Wildman–Crippen LogP) is 10.2. The first kappa shape index (κ1) is 47.8. The monoisotopic (exact) mass is 877 g/mol. The number of rotatable bonds is 15. The summed E-state index contributed by atoms with van der Waals surface area (Å²) in [6.45, 7) is 15.5. The number of nitrogens with one attached hydrogen (secondary N) is 2. The van der Waals surface area contributed by atoms with Crippen molar-refractivity contribution in [3.8, 4) is 17.0 Å². The van der Waals surface area contributed by atoms with E-state index in [0.29, 0.717) is 47.5 Å². The summed E-state index contributed by atoms with van der Waals surface area (Å²) in [5, 5.41) is 5.29. The first-order chi connectivity index (χ1) is 27.8. The highest BCUT2D eigenvalue weighted by atomic mass is 35.5. The Morgan fingerprint density at radius 2 is 1.80 bits per heavy atom. The van der Waals surface area contributed by atoms with Gasteiger partial charge in [0.05, 0.1) is 56.0 Å². The maximum Gasteiger partial charge on any atom is 0.411 e. The van der Waals surface area contributed by atoms with E-state index in [1.807, 2.05) is 26.1 Å². The number of halogens is 2. The molecule has 0 radical (unpaired) electrons. The van der Waals surface area contributed by atoms with Gasteiger partial charge in [-0.2, -0.15) is 0 Å². The Hall–Kier alpha value is -3.92. The SMILES string of the molecule is CCOP(=O)(CC(=O)N(CC[C@@H](O[Si](C)(C)C(C)(C)C)c1nccc(Cl)c1F)[C@H]1CCC[C@@H](C)C(=O)Nc2cc(NC(=O)OC)ccc2-c2cc(OC)nc1c2)OCC. The third-order valence-corrected chi connectivity index (χ3v) is 17.4. The van der Waals surface area contributed by atoms with Crippen molar-refractivity contribution in [1.82, 2.24) is 14.9 Å². The number of pyridine rings is 2. The highest BCUT2D eigenvalue weighted by Crippen LogP contribution is 2.49. The number of fused-ring (bicyclic) bond motifs is 4. The third-order valence-electron chi connectivity index (χ3n) is 10.7. The molecule has 14 nitrogen and oxygen atoms in total. The van der Waals surface area contributed by atoms with E-state index in [9.17, 15) is 18.9 Å². The van der Waals surface area contributed by atoms with E-state index in [4.69, 9.17) is 39.5 Å². The van der Waals surface area contributed by atoms with Crippen LogP contribution in [0.5, 0.6) is 5.88 Å². The van der Waals surface area contributed by atoms with Crippen molar-refractivity contribution in [3.63, 3.8) is 0 Å². The summed E-state index contributed by atoms with van der Waals surface area (Å²) in [4.78, 5) is 51.3. The standard InChI is InChI=1S/C41H58ClFN5O9PSi/c1-11-55-58(52,56-12-2)25-36(49)48(21-19-34(57-59(9,10)41(4,5)6)38-37(43)30(42)18-20-44-38)33-15-13-14-26(3)39(50)47-31-24-28(45-40(51)54-8)16-17-29(31)27-22-32(33)46-35(23-27)53-7/h16-18,20,22-24,26,33-34H,11-15,19,21,25H2,1-10H3,(H,45,51)(H,47,50)/t26-,33+,34-/m1/s1. The number of methoxy groups -OCH3 is 2. The minimum absolute atomic E-state index is 0.0158. The average molecular weight is 878 g/mol. The number of anilines is 2. The van der Waals surface area contributed by atoms with Gasteiger partial charge in [0, 0.05) is 36.0 Å². The third kappa shape index (κ3) is 12.3. The highest BCUT2D eigenvalue weighted by molar-refractivity contribution is 7.54. The molecule has 3 atom stereocenters. The minimum Gasteiger partial charge on any atom is -0.481 e. The molecule has 3 heterocycles. The number of nitrogens with zero attached hydrogens (tertiary/aromatic N) is 3.